The fraction of sp³-hybridized carbons (Fsp3) is 0.0909. The molecule has 0 atom stereocenters. The predicted molar refractivity (Wildman–Crippen MR) is 153 cm³/mol. The maximum absolute atomic E-state index is 4.41. The van der Waals surface area contributed by atoms with Gasteiger partial charge in [-0.1, -0.05) is 0 Å². The molecule has 0 heterocycles. The van der Waals surface area contributed by atoms with Crippen molar-refractivity contribution in [1.29, 1.82) is 0 Å². The maximum atomic E-state index is 4.41. The van der Waals surface area contributed by atoms with Crippen molar-refractivity contribution >= 4 is 22.0 Å². The van der Waals surface area contributed by atoms with Crippen LogP contribution in [0.15, 0.2) is 127 Å². The van der Waals surface area contributed by atoms with Gasteiger partial charge in [-0.3, -0.25) is 0 Å². The van der Waals surface area contributed by atoms with Crippen LogP contribution in [0.2, 0.25) is 0 Å². The number of fused-ring (bicyclic) bond motifs is 3. The number of para-hydroxylation sites is 1. The van der Waals surface area contributed by atoms with Crippen molar-refractivity contribution in [2.75, 3.05) is 3.30 Å². The number of anilines is 1. The van der Waals surface area contributed by atoms with Crippen molar-refractivity contribution in [2.24, 2.45) is 0 Å². The van der Waals surface area contributed by atoms with Crippen LogP contribution in [-0.2, 0) is 20.9 Å². The Hall–Kier alpha value is -2.43. The van der Waals surface area contributed by atoms with Gasteiger partial charge in [0.15, 0.2) is 0 Å². The molecule has 1 aliphatic rings. The second kappa shape index (κ2) is 12.6. The van der Waals surface area contributed by atoms with Crippen LogP contribution >= 0.6 is 0 Å². The van der Waals surface area contributed by atoms with Gasteiger partial charge in [0.25, 0.3) is 0 Å². The van der Waals surface area contributed by atoms with Gasteiger partial charge in [-0.15, -0.1) is 0 Å². The number of benzene rings is 5. The molecule has 1 aliphatic carbocycles. The fourth-order valence-corrected chi connectivity index (χ4v) is 36.9. The molecule has 0 aromatic heterocycles. The van der Waals surface area contributed by atoms with Crippen LogP contribution < -0.4 is 38.5 Å². The van der Waals surface area contributed by atoms with E-state index in [-0.39, 0.29) is 24.8 Å². The molecule has 1 N–H and O–H groups in total. The largest absolute Gasteiger partial charge is 1.00 e. The van der Waals surface area contributed by atoms with Crippen molar-refractivity contribution < 1.29 is 45.7 Å². The average molecular weight is 718 g/mol. The van der Waals surface area contributed by atoms with E-state index in [1.165, 1.54) is 39.1 Å². The van der Waals surface area contributed by atoms with Crippen molar-refractivity contribution in [1.82, 2.24) is 0 Å². The Balaban J connectivity index is 0.00000168. The minimum absolute atomic E-state index is 0. The predicted octanol–water partition coefficient (Wildman–Crippen LogP) is 0.565. The summed E-state index contributed by atoms with van der Waals surface area (Å²) in [6.07, 6.45) is 0. The third kappa shape index (κ3) is 5.35. The molecule has 1 nitrogen and oxygen atoms in total. The monoisotopic (exact) mass is 718 g/mol. The van der Waals surface area contributed by atoms with Gasteiger partial charge in [-0.05, 0) is 0 Å². The molecule has 0 saturated carbocycles. The van der Waals surface area contributed by atoms with Crippen molar-refractivity contribution in [3.63, 3.8) is 0 Å². The van der Waals surface area contributed by atoms with Gasteiger partial charge in [0.05, 0.1) is 0 Å². The first-order chi connectivity index (χ1) is 17.7. The van der Waals surface area contributed by atoms with Gasteiger partial charge >= 0.3 is 225 Å². The van der Waals surface area contributed by atoms with Crippen LogP contribution in [0.1, 0.15) is 25.9 Å². The molecule has 0 unspecified atom stereocenters. The fourth-order valence-electron chi connectivity index (χ4n) is 5.80. The topological polar surface area (TPSA) is 12.0 Å². The molecule has 6 rings (SSSR count). The molecule has 0 spiro atoms. The standard InChI is InChI=1S/C13H9.C12H11Si.C8H10N.2ClH.Hf/c1-3-7-12-10(5-1)9-11-6-2-4-8-13(11)12;1-3-7-11(8-4-1)13-12-9-5-2-6-10-12;1-6-4-3-5-7(2)8(6)9;;;/h1-9H;1-10,13H;3-5,9H,1-2H3;2*1H;/q;;-1;;;+3/p-2. The first-order valence-electron chi connectivity index (χ1n) is 12.7. The summed E-state index contributed by atoms with van der Waals surface area (Å²) in [5.41, 5.74) is 9.99. The zero-order valence-electron chi connectivity index (χ0n) is 21.5. The van der Waals surface area contributed by atoms with Gasteiger partial charge in [0, 0.05) is 0 Å². The Bertz CT molecular complexity index is 1400. The van der Waals surface area contributed by atoms with Crippen molar-refractivity contribution in [3.05, 3.63) is 150 Å². The normalized spacial score (nSPS) is 11.7. The summed E-state index contributed by atoms with van der Waals surface area (Å²) in [6, 6.07) is 47.9. The van der Waals surface area contributed by atoms with E-state index in [0.717, 1.165) is 0 Å². The summed E-state index contributed by atoms with van der Waals surface area (Å²) in [7, 11) is 0. The summed E-state index contributed by atoms with van der Waals surface area (Å²) in [4.78, 5) is 0. The number of halogens is 2. The van der Waals surface area contributed by atoms with E-state index in [9.17, 15) is 0 Å². The molecule has 38 heavy (non-hydrogen) atoms. The molecule has 0 radical (unpaired) electrons. The zero-order valence-corrected chi connectivity index (χ0v) is 27.8. The molecule has 5 aromatic carbocycles. The first kappa shape index (κ1) is 28.6. The average Bonchev–Trinajstić information content (AvgIpc) is 3.26. The molecular weight excluding hydrogens is 688 g/mol. The van der Waals surface area contributed by atoms with Crippen molar-refractivity contribution in [3.8, 4) is 11.1 Å². The van der Waals surface area contributed by atoms with E-state index in [4.69, 9.17) is 0 Å². The van der Waals surface area contributed by atoms with E-state index in [2.05, 4.69) is 145 Å². The van der Waals surface area contributed by atoms with Crippen molar-refractivity contribution in [2.45, 2.75) is 17.5 Å². The summed E-state index contributed by atoms with van der Waals surface area (Å²) in [6.45, 7) is 4.52. The smallest absolute Gasteiger partial charge is 1.00 e. The third-order valence-corrected chi connectivity index (χ3v) is 34.4. The number of hydrogen-bond acceptors (Lipinski definition) is 1. The third-order valence-electron chi connectivity index (χ3n) is 7.47. The summed E-state index contributed by atoms with van der Waals surface area (Å²) in [5.74, 6) is -1.55. The Morgan fingerprint density at radius 3 is 1.42 bits per heavy atom. The van der Waals surface area contributed by atoms with E-state index in [1.54, 1.807) is 10.4 Å². The minimum Gasteiger partial charge on any atom is -1.00 e. The van der Waals surface area contributed by atoms with Gasteiger partial charge in [0.2, 0.25) is 0 Å². The molecular formula is C33H30Cl2HfNSi. The SMILES string of the molecule is Cc1cccc(C)c1[NH][Hf+2]([CH]1c2ccccc2-c2ccccc21)[SiH](c1ccccc1)c1ccccc1.[Cl-].[Cl-]. The van der Waals surface area contributed by atoms with Crippen LogP contribution in [0, 0.1) is 13.8 Å². The molecule has 0 aliphatic heterocycles. The Morgan fingerprint density at radius 1 is 0.526 bits per heavy atom. The molecule has 0 amide bonds. The minimum atomic E-state index is -2.77. The molecule has 0 saturated heterocycles. The number of rotatable bonds is 6. The Morgan fingerprint density at radius 2 is 0.947 bits per heavy atom. The van der Waals surface area contributed by atoms with Crippen LogP contribution in [0.4, 0.5) is 5.69 Å². The zero-order chi connectivity index (χ0) is 24.5. The van der Waals surface area contributed by atoms with Crippen LogP contribution in [0.5, 0.6) is 0 Å². The van der Waals surface area contributed by atoms with Gasteiger partial charge < -0.3 is 24.8 Å². The summed E-state index contributed by atoms with van der Waals surface area (Å²) >= 11 is -2.77. The Labute approximate surface area is 247 Å². The van der Waals surface area contributed by atoms with E-state index < -0.39 is 26.9 Å². The Kier molecular flexibility index (Phi) is 9.48. The van der Waals surface area contributed by atoms with E-state index in [1.807, 2.05) is 0 Å². The molecule has 189 valence electrons. The van der Waals surface area contributed by atoms with Gasteiger partial charge in [0.1, 0.15) is 0 Å². The molecule has 0 bridgehead atoms. The summed E-state index contributed by atoms with van der Waals surface area (Å²) in [5, 5.41) is 3.12. The molecule has 0 fully saturated rings. The number of nitrogens with one attached hydrogen (secondary N) is 1. The number of hydrogen-bond donors (Lipinski definition) is 1. The molecule has 5 heteroatoms. The van der Waals surface area contributed by atoms with E-state index >= 15 is 0 Å². The maximum Gasteiger partial charge on any atom is -1.00 e. The van der Waals surface area contributed by atoms with Gasteiger partial charge in [-0.2, -0.15) is 0 Å². The quantitative estimate of drug-likeness (QED) is 0.254. The van der Waals surface area contributed by atoms with Gasteiger partial charge in [-0.25, -0.2) is 0 Å². The second-order valence-corrected chi connectivity index (χ2v) is 29.5. The first-order valence-corrected chi connectivity index (χ1v) is 24.5. The van der Waals surface area contributed by atoms with E-state index in [0.29, 0.717) is 3.67 Å². The van der Waals surface area contributed by atoms with Crippen LogP contribution in [0.3, 0.4) is 0 Å². The van der Waals surface area contributed by atoms with Crippen LogP contribution in [-0.4, -0.2) is 5.98 Å². The number of aryl methyl sites for hydroxylation is 2. The van der Waals surface area contributed by atoms with Crippen LogP contribution in [0.25, 0.3) is 11.1 Å². The summed E-state index contributed by atoms with van der Waals surface area (Å²) < 4.78 is 4.90. The molecule has 5 aromatic rings. The second-order valence-electron chi connectivity index (χ2n) is 9.71.